The summed E-state index contributed by atoms with van der Waals surface area (Å²) in [5.74, 6) is 1.12. The van der Waals surface area contributed by atoms with Crippen LogP contribution in [0.4, 0.5) is 17.5 Å². The first kappa shape index (κ1) is 14.1. The van der Waals surface area contributed by atoms with Gasteiger partial charge in [0.25, 0.3) is 0 Å². The van der Waals surface area contributed by atoms with Gasteiger partial charge in [-0.15, -0.1) is 0 Å². The molecule has 18 heavy (non-hydrogen) atoms. The zero-order valence-corrected chi connectivity index (χ0v) is 10.9. The molecule has 0 bridgehead atoms. The van der Waals surface area contributed by atoms with Crippen LogP contribution >= 0.6 is 0 Å². The largest absolute Gasteiger partial charge is 0.364 e. The number of nitro groups is 1. The lowest BCUT2D eigenvalue weighted by Gasteiger charge is -2.13. The van der Waals surface area contributed by atoms with Gasteiger partial charge in [-0.2, -0.15) is 4.98 Å². The summed E-state index contributed by atoms with van der Waals surface area (Å²) in [6, 6.07) is 0. The lowest BCUT2D eigenvalue weighted by Crippen LogP contribution is -2.15. The van der Waals surface area contributed by atoms with E-state index in [1.165, 1.54) is 6.20 Å². The average molecular weight is 253 g/mol. The third kappa shape index (κ3) is 3.54. The molecule has 0 fully saturated rings. The zero-order chi connectivity index (χ0) is 13.5. The first-order chi connectivity index (χ1) is 8.62. The molecule has 0 amide bonds. The van der Waals surface area contributed by atoms with Crippen molar-refractivity contribution < 1.29 is 4.92 Å². The van der Waals surface area contributed by atoms with Gasteiger partial charge in [-0.25, -0.2) is 4.98 Å². The van der Waals surface area contributed by atoms with Crippen molar-refractivity contribution in [2.24, 2.45) is 5.92 Å². The molecule has 0 aliphatic heterocycles. The lowest BCUT2D eigenvalue weighted by atomic mass is 10.0. The van der Waals surface area contributed by atoms with Crippen LogP contribution in [0.5, 0.6) is 0 Å². The minimum Gasteiger partial charge on any atom is -0.364 e. The fourth-order valence-corrected chi connectivity index (χ4v) is 1.58. The second-order valence-electron chi connectivity index (χ2n) is 4.00. The van der Waals surface area contributed by atoms with E-state index >= 15 is 0 Å². The summed E-state index contributed by atoms with van der Waals surface area (Å²) in [7, 11) is 1.67. The summed E-state index contributed by atoms with van der Waals surface area (Å²) >= 11 is 0. The highest BCUT2D eigenvalue weighted by molar-refractivity contribution is 5.56. The van der Waals surface area contributed by atoms with Gasteiger partial charge in [-0.1, -0.05) is 26.7 Å². The molecule has 0 spiro atoms. The molecule has 1 aromatic heterocycles. The fourth-order valence-electron chi connectivity index (χ4n) is 1.58. The van der Waals surface area contributed by atoms with Gasteiger partial charge in [0.2, 0.25) is 11.8 Å². The van der Waals surface area contributed by atoms with Gasteiger partial charge >= 0.3 is 5.69 Å². The Labute approximate surface area is 106 Å². The van der Waals surface area contributed by atoms with Crippen molar-refractivity contribution in [3.8, 4) is 0 Å². The molecule has 0 saturated heterocycles. The highest BCUT2D eigenvalue weighted by atomic mass is 16.6. The Bertz CT molecular complexity index is 406. The standard InChI is InChI=1S/C11H19N5O2/c1-4-8(5-2)6-13-10-9(16(17)18)7-14-11(12-3)15-10/h7-8H,4-6H2,1-3H3,(H2,12,13,14,15). The van der Waals surface area contributed by atoms with E-state index in [2.05, 4.69) is 34.4 Å². The number of hydrogen-bond acceptors (Lipinski definition) is 6. The molecule has 0 aliphatic carbocycles. The van der Waals surface area contributed by atoms with Crippen molar-refractivity contribution in [1.82, 2.24) is 9.97 Å². The zero-order valence-electron chi connectivity index (χ0n) is 10.9. The van der Waals surface area contributed by atoms with E-state index in [9.17, 15) is 10.1 Å². The highest BCUT2D eigenvalue weighted by Gasteiger charge is 2.17. The maximum Gasteiger partial charge on any atom is 0.329 e. The minimum atomic E-state index is -0.478. The van der Waals surface area contributed by atoms with Gasteiger partial charge < -0.3 is 10.6 Å². The molecule has 0 aliphatic rings. The van der Waals surface area contributed by atoms with Gasteiger partial charge in [-0.05, 0) is 5.92 Å². The van der Waals surface area contributed by atoms with Crippen LogP contribution in [0.25, 0.3) is 0 Å². The second-order valence-corrected chi connectivity index (χ2v) is 4.00. The summed E-state index contributed by atoms with van der Waals surface area (Å²) in [6.07, 6.45) is 3.27. The Kier molecular flexibility index (Phi) is 5.29. The molecular weight excluding hydrogens is 234 g/mol. The smallest absolute Gasteiger partial charge is 0.329 e. The van der Waals surface area contributed by atoms with Gasteiger partial charge in [0.1, 0.15) is 6.20 Å². The van der Waals surface area contributed by atoms with E-state index in [0.717, 1.165) is 12.8 Å². The molecule has 100 valence electrons. The number of rotatable bonds is 7. The van der Waals surface area contributed by atoms with E-state index in [4.69, 9.17) is 0 Å². The van der Waals surface area contributed by atoms with Crippen molar-refractivity contribution in [3.05, 3.63) is 16.3 Å². The molecule has 0 aromatic carbocycles. The van der Waals surface area contributed by atoms with E-state index in [1.54, 1.807) is 7.05 Å². The van der Waals surface area contributed by atoms with Crippen LogP contribution < -0.4 is 10.6 Å². The maximum atomic E-state index is 10.9. The van der Waals surface area contributed by atoms with E-state index in [-0.39, 0.29) is 11.5 Å². The Balaban J connectivity index is 2.87. The Morgan fingerprint density at radius 1 is 1.44 bits per heavy atom. The number of nitrogens with zero attached hydrogens (tertiary/aromatic N) is 3. The second kappa shape index (κ2) is 6.73. The molecule has 1 rings (SSSR count). The normalized spacial score (nSPS) is 10.4. The predicted molar refractivity (Wildman–Crippen MR) is 70.8 cm³/mol. The van der Waals surface area contributed by atoms with Crippen molar-refractivity contribution in [2.45, 2.75) is 26.7 Å². The third-order valence-corrected chi connectivity index (χ3v) is 2.90. The summed E-state index contributed by atoms with van der Waals surface area (Å²) < 4.78 is 0. The van der Waals surface area contributed by atoms with E-state index < -0.39 is 4.92 Å². The van der Waals surface area contributed by atoms with Crippen LogP contribution in [0.3, 0.4) is 0 Å². The average Bonchev–Trinajstić information content (AvgIpc) is 2.39. The molecule has 7 nitrogen and oxygen atoms in total. The molecule has 0 unspecified atom stereocenters. The van der Waals surface area contributed by atoms with Crippen LogP contribution in [-0.4, -0.2) is 28.5 Å². The van der Waals surface area contributed by atoms with E-state index in [0.29, 0.717) is 18.4 Å². The number of aromatic nitrogens is 2. The Hall–Kier alpha value is -1.92. The maximum absolute atomic E-state index is 10.9. The molecule has 0 radical (unpaired) electrons. The molecule has 7 heteroatoms. The highest BCUT2D eigenvalue weighted by Crippen LogP contribution is 2.22. The van der Waals surface area contributed by atoms with Crippen molar-refractivity contribution in [2.75, 3.05) is 24.2 Å². The molecule has 2 N–H and O–H groups in total. The van der Waals surface area contributed by atoms with Gasteiger partial charge in [0.15, 0.2) is 0 Å². The SMILES string of the molecule is CCC(CC)CNc1nc(NC)ncc1[N+](=O)[O-]. The van der Waals surface area contributed by atoms with Crippen molar-refractivity contribution in [1.29, 1.82) is 0 Å². The lowest BCUT2D eigenvalue weighted by molar-refractivity contribution is -0.384. The molecular formula is C11H19N5O2. The fraction of sp³-hybridized carbons (Fsp3) is 0.636. The van der Waals surface area contributed by atoms with Gasteiger partial charge in [0, 0.05) is 13.6 Å². The molecule has 0 saturated carbocycles. The first-order valence-electron chi connectivity index (χ1n) is 6.05. The van der Waals surface area contributed by atoms with Crippen molar-refractivity contribution in [3.63, 3.8) is 0 Å². The number of hydrogen-bond donors (Lipinski definition) is 2. The first-order valence-corrected chi connectivity index (χ1v) is 6.05. The van der Waals surface area contributed by atoms with Crippen LogP contribution in [0.1, 0.15) is 26.7 Å². The minimum absolute atomic E-state index is 0.0973. The summed E-state index contributed by atoms with van der Waals surface area (Å²) in [6.45, 7) is 4.88. The van der Waals surface area contributed by atoms with Gasteiger partial charge in [-0.3, -0.25) is 10.1 Å². The van der Waals surface area contributed by atoms with Crippen LogP contribution in [0.15, 0.2) is 6.20 Å². The number of anilines is 2. The van der Waals surface area contributed by atoms with Crippen LogP contribution in [0.2, 0.25) is 0 Å². The molecule has 1 heterocycles. The predicted octanol–water partition coefficient (Wildman–Crippen LogP) is 2.27. The summed E-state index contributed by atoms with van der Waals surface area (Å²) in [4.78, 5) is 18.3. The van der Waals surface area contributed by atoms with Gasteiger partial charge in [0.05, 0.1) is 4.92 Å². The summed E-state index contributed by atoms with van der Waals surface area (Å²) in [5.41, 5.74) is -0.0973. The van der Waals surface area contributed by atoms with E-state index in [1.807, 2.05) is 0 Å². The Morgan fingerprint density at radius 2 is 2.11 bits per heavy atom. The summed E-state index contributed by atoms with van der Waals surface area (Å²) in [5, 5.41) is 16.7. The van der Waals surface area contributed by atoms with Crippen LogP contribution in [-0.2, 0) is 0 Å². The number of nitrogens with one attached hydrogen (secondary N) is 2. The monoisotopic (exact) mass is 253 g/mol. The van der Waals surface area contributed by atoms with Crippen molar-refractivity contribution >= 4 is 17.5 Å². The third-order valence-electron chi connectivity index (χ3n) is 2.90. The Morgan fingerprint density at radius 3 is 2.61 bits per heavy atom. The topological polar surface area (TPSA) is 93.0 Å². The molecule has 1 aromatic rings. The van der Waals surface area contributed by atoms with Crippen LogP contribution in [0, 0.1) is 16.0 Å². The molecule has 0 atom stereocenters. The quantitative estimate of drug-likeness (QED) is 0.572.